The van der Waals surface area contributed by atoms with Crippen LogP contribution >= 0.6 is 0 Å². The molecule has 0 spiro atoms. The number of rotatable bonds is 33. The van der Waals surface area contributed by atoms with Crippen molar-refractivity contribution in [3.05, 3.63) is 0 Å². The van der Waals surface area contributed by atoms with Gasteiger partial charge in [0.25, 0.3) is 0 Å². The van der Waals surface area contributed by atoms with Gasteiger partial charge in [-0.3, -0.25) is 9.59 Å². The molecule has 0 saturated carbocycles. The summed E-state index contributed by atoms with van der Waals surface area (Å²) in [5.41, 5.74) is 0. The van der Waals surface area contributed by atoms with Crippen LogP contribution in [0.5, 0.6) is 0 Å². The molecule has 0 heterocycles. The zero-order valence-electron chi connectivity index (χ0n) is 29.9. The smallest absolute Gasteiger partial charge is 0.416 e. The fourth-order valence-corrected chi connectivity index (χ4v) is 4.64. The molecule has 0 saturated heterocycles. The number of hydrogen-bond acceptors (Lipinski definition) is 12. The fourth-order valence-electron chi connectivity index (χ4n) is 4.64. The first-order valence-electron chi connectivity index (χ1n) is 17.3. The molecule has 0 aliphatic rings. The van der Waals surface area contributed by atoms with Gasteiger partial charge >= 0.3 is 29.9 Å². The molecule has 0 bridgehead atoms. The van der Waals surface area contributed by atoms with Crippen molar-refractivity contribution in [1.29, 1.82) is 0 Å². The molecule has 0 fully saturated rings. The summed E-state index contributed by atoms with van der Waals surface area (Å²) in [4.78, 5) is 24.2. The van der Waals surface area contributed by atoms with Gasteiger partial charge in [-0.1, -0.05) is 33.1 Å². The van der Waals surface area contributed by atoms with Crippen molar-refractivity contribution >= 4 is 11.9 Å². The van der Waals surface area contributed by atoms with E-state index in [1.165, 1.54) is 0 Å². The molecule has 13 heteroatoms. The number of unbranched alkanes of at least 4 members (excludes halogenated alkanes) is 4. The Bertz CT molecular complexity index is 743. The highest BCUT2D eigenvalue weighted by atomic mass is 17.0. The van der Waals surface area contributed by atoms with E-state index in [2.05, 4.69) is 13.8 Å². The first kappa shape index (κ1) is 44.6. The summed E-state index contributed by atoms with van der Waals surface area (Å²) < 4.78 is 61.3. The van der Waals surface area contributed by atoms with Gasteiger partial charge in [-0.15, -0.1) is 0 Å². The SMILES string of the molecule is CCCCCOC(OCC)(OC(=O)CCCCC(=O)O)C(OCC)(OCC)OCCC(OCCCC)C(OCC)(OCC)OCC. The monoisotopic (exact) mass is 668 g/mol. The topological polar surface area (TPSA) is 147 Å². The Morgan fingerprint density at radius 2 is 1.04 bits per heavy atom. The van der Waals surface area contributed by atoms with Crippen LogP contribution in [-0.4, -0.2) is 101 Å². The highest BCUT2D eigenvalue weighted by Crippen LogP contribution is 2.38. The standard InChI is InChI=1S/C33H64O13/c1-9-17-21-26-44-33(43-16-8,46-30(36)23-20-19-22-29(34)35)32(41-14-6,42-15-7)45-27-24-28(37-25-18-10-2)31(38-11-3,39-12-4)40-13-5/h28H,9-27H2,1-8H3,(H,34,35). The second-order valence-corrected chi connectivity index (χ2v) is 10.3. The van der Waals surface area contributed by atoms with Crippen molar-refractivity contribution in [3.8, 4) is 0 Å². The van der Waals surface area contributed by atoms with Crippen molar-refractivity contribution in [2.75, 3.05) is 59.5 Å². The van der Waals surface area contributed by atoms with E-state index in [1.807, 2.05) is 20.8 Å². The van der Waals surface area contributed by atoms with Gasteiger partial charge in [0.15, 0.2) is 0 Å². The van der Waals surface area contributed by atoms with Crippen LogP contribution in [-0.2, 0) is 57.0 Å². The highest BCUT2D eigenvalue weighted by molar-refractivity contribution is 5.70. The van der Waals surface area contributed by atoms with Gasteiger partial charge in [0, 0.05) is 58.9 Å². The molecule has 0 aliphatic heterocycles. The van der Waals surface area contributed by atoms with Gasteiger partial charge in [0.2, 0.25) is 0 Å². The zero-order valence-corrected chi connectivity index (χ0v) is 29.9. The number of aliphatic carboxylic acids is 1. The minimum absolute atomic E-state index is 0.0466. The second kappa shape index (κ2) is 26.5. The average Bonchev–Trinajstić information content (AvgIpc) is 3.01. The number of carboxylic acid groups (broad SMARTS) is 1. The predicted octanol–water partition coefficient (Wildman–Crippen LogP) is 6.15. The Labute approximate surface area is 277 Å². The van der Waals surface area contributed by atoms with Crippen molar-refractivity contribution in [3.63, 3.8) is 0 Å². The van der Waals surface area contributed by atoms with Gasteiger partial charge in [-0.05, 0) is 67.2 Å². The summed E-state index contributed by atoms with van der Waals surface area (Å²) in [5.74, 6) is -7.46. The Hall–Kier alpha value is -1.42. The van der Waals surface area contributed by atoms with E-state index >= 15 is 0 Å². The van der Waals surface area contributed by atoms with E-state index < -0.39 is 36.0 Å². The number of esters is 1. The average molecular weight is 669 g/mol. The van der Waals surface area contributed by atoms with E-state index in [0.717, 1.165) is 25.7 Å². The summed E-state index contributed by atoms with van der Waals surface area (Å²) in [6.45, 7) is 16.7. The highest BCUT2D eigenvalue weighted by Gasteiger charge is 2.63. The molecule has 274 valence electrons. The van der Waals surface area contributed by atoms with Crippen LogP contribution in [0.15, 0.2) is 0 Å². The lowest BCUT2D eigenvalue weighted by Gasteiger charge is -2.45. The quantitative estimate of drug-likeness (QED) is 0.0485. The van der Waals surface area contributed by atoms with Crippen LogP contribution in [0.1, 0.15) is 120 Å². The van der Waals surface area contributed by atoms with Crippen LogP contribution in [0.3, 0.4) is 0 Å². The van der Waals surface area contributed by atoms with Gasteiger partial charge in [-0.25, -0.2) is 0 Å². The number of hydrogen-bond donors (Lipinski definition) is 1. The maximum Gasteiger partial charge on any atom is 0.416 e. The third-order valence-corrected chi connectivity index (χ3v) is 6.61. The minimum Gasteiger partial charge on any atom is -0.481 e. The maximum absolute atomic E-state index is 13.2. The van der Waals surface area contributed by atoms with Gasteiger partial charge in [-0.2, -0.15) is 0 Å². The molecule has 2 unspecified atom stereocenters. The van der Waals surface area contributed by atoms with Crippen LogP contribution < -0.4 is 0 Å². The summed E-state index contributed by atoms with van der Waals surface area (Å²) in [7, 11) is 0. The number of carboxylic acids is 1. The molecule has 13 nitrogen and oxygen atoms in total. The molecule has 46 heavy (non-hydrogen) atoms. The van der Waals surface area contributed by atoms with Gasteiger partial charge in [0.05, 0.1) is 19.8 Å². The van der Waals surface area contributed by atoms with Gasteiger partial charge < -0.3 is 52.5 Å². The fraction of sp³-hybridized carbons (Fsp3) is 0.939. The molecule has 0 aliphatic carbocycles. The van der Waals surface area contributed by atoms with E-state index in [-0.39, 0.29) is 52.3 Å². The Kier molecular flexibility index (Phi) is 25.7. The normalized spacial score (nSPS) is 14.3. The number of ether oxygens (including phenoxy) is 10. The van der Waals surface area contributed by atoms with E-state index in [9.17, 15) is 9.59 Å². The molecule has 0 aromatic rings. The summed E-state index contributed by atoms with van der Waals surface area (Å²) in [5, 5.41) is 8.98. The van der Waals surface area contributed by atoms with Gasteiger partial charge in [0.1, 0.15) is 6.10 Å². The number of carbonyl (C=O) groups is 2. The van der Waals surface area contributed by atoms with Crippen LogP contribution in [0.4, 0.5) is 0 Å². The van der Waals surface area contributed by atoms with Crippen LogP contribution in [0, 0.1) is 0 Å². The lowest BCUT2D eigenvalue weighted by atomic mass is 10.2. The summed E-state index contributed by atoms with van der Waals surface area (Å²) in [6.07, 6.45) is 4.20. The van der Waals surface area contributed by atoms with Crippen molar-refractivity contribution < 1.29 is 62.1 Å². The van der Waals surface area contributed by atoms with Crippen molar-refractivity contribution in [2.45, 2.75) is 144 Å². The van der Waals surface area contributed by atoms with E-state index in [0.29, 0.717) is 45.7 Å². The van der Waals surface area contributed by atoms with Crippen molar-refractivity contribution in [2.24, 2.45) is 0 Å². The molecule has 1 N–H and O–H groups in total. The van der Waals surface area contributed by atoms with E-state index in [4.69, 9.17) is 52.5 Å². The van der Waals surface area contributed by atoms with Crippen molar-refractivity contribution in [1.82, 2.24) is 0 Å². The first-order chi connectivity index (χ1) is 22.2. The van der Waals surface area contributed by atoms with Crippen LogP contribution in [0.2, 0.25) is 0 Å². The molecule has 0 radical (unpaired) electrons. The third kappa shape index (κ3) is 15.7. The lowest BCUT2D eigenvalue weighted by Crippen LogP contribution is -2.65. The predicted molar refractivity (Wildman–Crippen MR) is 171 cm³/mol. The lowest BCUT2D eigenvalue weighted by molar-refractivity contribution is -0.551. The Morgan fingerprint density at radius 3 is 1.54 bits per heavy atom. The largest absolute Gasteiger partial charge is 0.481 e. The molecule has 0 aromatic carbocycles. The Morgan fingerprint density at radius 1 is 0.543 bits per heavy atom. The minimum atomic E-state index is -2.24. The second-order valence-electron chi connectivity index (χ2n) is 10.3. The van der Waals surface area contributed by atoms with Crippen LogP contribution in [0.25, 0.3) is 0 Å². The summed E-state index contributed by atoms with van der Waals surface area (Å²) in [6, 6.07) is 0. The van der Waals surface area contributed by atoms with E-state index in [1.54, 1.807) is 20.8 Å². The first-order valence-corrected chi connectivity index (χ1v) is 17.3. The maximum atomic E-state index is 13.2. The zero-order chi connectivity index (χ0) is 34.7. The molecular weight excluding hydrogens is 604 g/mol. The molecule has 0 amide bonds. The molecular formula is C33H64O13. The molecule has 0 aromatic heterocycles. The number of carbonyl (C=O) groups excluding carboxylic acids is 1. The Balaban J connectivity index is 6.59. The molecule has 0 rings (SSSR count). The summed E-state index contributed by atoms with van der Waals surface area (Å²) >= 11 is 0. The molecule has 2 atom stereocenters. The third-order valence-electron chi connectivity index (χ3n) is 6.61.